The summed E-state index contributed by atoms with van der Waals surface area (Å²) in [5.74, 6) is -0.847. The zero-order chi connectivity index (χ0) is 40.0. The molecule has 10 heteroatoms. The predicted molar refractivity (Wildman–Crippen MR) is 224 cm³/mol. The smallest absolute Gasteiger partial charge is 0.462 e. The molecule has 0 aromatic rings. The van der Waals surface area contributed by atoms with E-state index in [0.717, 1.165) is 103 Å². The zero-order valence-electron chi connectivity index (χ0n) is 34.7. The molecule has 9 nitrogen and oxygen atoms in total. The second kappa shape index (κ2) is 36.1. The normalized spacial score (nSPS) is 14.4. The number of quaternary nitrogens is 1. The lowest BCUT2D eigenvalue weighted by Crippen LogP contribution is -2.37. The van der Waals surface area contributed by atoms with E-state index >= 15 is 0 Å². The van der Waals surface area contributed by atoms with Crippen LogP contribution in [0.3, 0.4) is 0 Å². The van der Waals surface area contributed by atoms with Gasteiger partial charge in [-0.15, -0.1) is 0 Å². The number of allylic oxidation sites excluding steroid dienone is 12. The number of carbonyl (C=O) groups is 2. The molecular formula is C44H77NO8P+. The molecule has 0 aliphatic rings. The molecule has 0 bridgehead atoms. The molecule has 0 aliphatic heterocycles. The number of hydrogen-bond donors (Lipinski definition) is 1. The summed E-state index contributed by atoms with van der Waals surface area (Å²) in [7, 11) is 1.44. The minimum Gasteiger partial charge on any atom is -0.462 e. The molecular weight excluding hydrogens is 701 g/mol. The average molecular weight is 779 g/mol. The van der Waals surface area contributed by atoms with Crippen molar-refractivity contribution in [2.75, 3.05) is 47.5 Å². The van der Waals surface area contributed by atoms with Gasteiger partial charge in [0.1, 0.15) is 19.8 Å². The van der Waals surface area contributed by atoms with Gasteiger partial charge in [-0.1, -0.05) is 125 Å². The van der Waals surface area contributed by atoms with Crippen LogP contribution >= 0.6 is 7.82 Å². The van der Waals surface area contributed by atoms with E-state index in [0.29, 0.717) is 23.9 Å². The van der Waals surface area contributed by atoms with E-state index in [9.17, 15) is 19.0 Å². The lowest BCUT2D eigenvalue weighted by atomic mass is 10.1. The number of carbonyl (C=O) groups excluding carboxylic acids is 2. The van der Waals surface area contributed by atoms with Crippen LogP contribution in [0.15, 0.2) is 72.9 Å². The number of esters is 2. The van der Waals surface area contributed by atoms with Gasteiger partial charge in [-0.25, -0.2) is 4.57 Å². The van der Waals surface area contributed by atoms with E-state index in [1.807, 2.05) is 21.1 Å². The van der Waals surface area contributed by atoms with Crippen LogP contribution in [0.2, 0.25) is 0 Å². The highest BCUT2D eigenvalue weighted by molar-refractivity contribution is 7.47. The molecule has 0 rings (SSSR count). The first kappa shape index (κ1) is 51.5. The molecule has 1 N–H and O–H groups in total. The Morgan fingerprint density at radius 2 is 1.00 bits per heavy atom. The Morgan fingerprint density at radius 1 is 0.574 bits per heavy atom. The third-order valence-electron chi connectivity index (χ3n) is 8.23. The average Bonchev–Trinajstić information content (AvgIpc) is 3.12. The van der Waals surface area contributed by atoms with Gasteiger partial charge in [0.25, 0.3) is 0 Å². The molecule has 2 atom stereocenters. The van der Waals surface area contributed by atoms with Crippen LogP contribution in [0, 0.1) is 0 Å². The molecule has 54 heavy (non-hydrogen) atoms. The monoisotopic (exact) mass is 779 g/mol. The molecule has 0 heterocycles. The van der Waals surface area contributed by atoms with Crippen LogP contribution in [-0.4, -0.2) is 74.9 Å². The van der Waals surface area contributed by atoms with Crippen LogP contribution in [0.5, 0.6) is 0 Å². The Morgan fingerprint density at radius 3 is 1.48 bits per heavy atom. The third-order valence-corrected chi connectivity index (χ3v) is 9.22. The number of unbranched alkanes of at least 4 members (excludes halogenated alkanes) is 10. The van der Waals surface area contributed by atoms with E-state index in [-0.39, 0.29) is 26.1 Å². The summed E-state index contributed by atoms with van der Waals surface area (Å²) in [6, 6.07) is 0. The van der Waals surface area contributed by atoms with Crippen LogP contribution in [0.25, 0.3) is 0 Å². The van der Waals surface area contributed by atoms with Gasteiger partial charge in [0.15, 0.2) is 6.10 Å². The van der Waals surface area contributed by atoms with Crippen molar-refractivity contribution >= 4 is 19.8 Å². The Bertz CT molecular complexity index is 1150. The van der Waals surface area contributed by atoms with Gasteiger partial charge >= 0.3 is 19.8 Å². The first-order valence-electron chi connectivity index (χ1n) is 20.7. The van der Waals surface area contributed by atoms with Crippen LogP contribution in [0.1, 0.15) is 142 Å². The SMILES string of the molecule is CCC=CCC=CCC=CCCCCCCCC(=O)OCC(COP(=O)(O)OCC[N+](C)(C)C)OC(=O)CCCCCCCC=CCC=CCC=CCC. The van der Waals surface area contributed by atoms with Crippen molar-refractivity contribution in [3.05, 3.63) is 72.9 Å². The molecule has 0 fully saturated rings. The second-order valence-corrected chi connectivity index (χ2v) is 16.1. The number of ether oxygens (including phenoxy) is 2. The Labute approximate surface area is 329 Å². The highest BCUT2D eigenvalue weighted by atomic mass is 31.2. The molecule has 0 spiro atoms. The van der Waals surface area contributed by atoms with Crippen LogP contribution < -0.4 is 0 Å². The quantitative estimate of drug-likeness (QED) is 0.0220. The number of likely N-dealkylation sites (N-methyl/N-ethyl adjacent to an activating group) is 1. The van der Waals surface area contributed by atoms with Crippen LogP contribution in [0.4, 0.5) is 0 Å². The molecule has 0 aromatic heterocycles. The molecule has 0 amide bonds. The fraction of sp³-hybridized carbons (Fsp3) is 0.682. The lowest BCUT2D eigenvalue weighted by Gasteiger charge is -2.24. The fourth-order valence-electron chi connectivity index (χ4n) is 5.04. The van der Waals surface area contributed by atoms with Crippen LogP contribution in [-0.2, 0) is 32.7 Å². The summed E-state index contributed by atoms with van der Waals surface area (Å²) in [5.41, 5.74) is 0. The van der Waals surface area contributed by atoms with Gasteiger partial charge in [-0.2, -0.15) is 0 Å². The summed E-state index contributed by atoms with van der Waals surface area (Å²) in [6.45, 7) is 4.13. The maximum Gasteiger partial charge on any atom is 0.472 e. The summed E-state index contributed by atoms with van der Waals surface area (Å²) in [4.78, 5) is 35.3. The first-order valence-corrected chi connectivity index (χ1v) is 22.2. The second-order valence-electron chi connectivity index (χ2n) is 14.6. The van der Waals surface area contributed by atoms with E-state index in [4.69, 9.17) is 18.5 Å². The minimum atomic E-state index is -4.38. The Kier molecular flexibility index (Phi) is 34.4. The van der Waals surface area contributed by atoms with Gasteiger partial charge in [-0.3, -0.25) is 18.6 Å². The summed E-state index contributed by atoms with van der Waals surface area (Å²) >= 11 is 0. The predicted octanol–water partition coefficient (Wildman–Crippen LogP) is 11.5. The zero-order valence-corrected chi connectivity index (χ0v) is 35.6. The summed E-state index contributed by atoms with van der Waals surface area (Å²) in [6.07, 6.45) is 43.8. The topological polar surface area (TPSA) is 108 Å². The van der Waals surface area contributed by atoms with Crippen molar-refractivity contribution in [3.8, 4) is 0 Å². The Balaban J connectivity index is 4.47. The fourth-order valence-corrected chi connectivity index (χ4v) is 5.78. The highest BCUT2D eigenvalue weighted by Gasteiger charge is 2.27. The molecule has 310 valence electrons. The van der Waals surface area contributed by atoms with Crippen molar-refractivity contribution in [3.63, 3.8) is 0 Å². The van der Waals surface area contributed by atoms with Crippen molar-refractivity contribution in [2.24, 2.45) is 0 Å². The standard InChI is InChI=1S/C44H76NO8P/c1-6-8-10-12-14-16-18-20-22-24-26-28-30-32-34-36-43(46)50-40-42(41-52-54(48,49)51-39-38-45(3,4)5)53-44(47)37-35-33-31-29-27-25-23-21-19-17-15-13-11-9-7-2/h8-11,14-17,20-23,42H,6-7,12-13,18-19,24-41H2,1-5H3/p+1. The van der Waals surface area contributed by atoms with Crippen molar-refractivity contribution in [1.82, 2.24) is 0 Å². The molecule has 0 radical (unpaired) electrons. The van der Waals surface area contributed by atoms with E-state index < -0.39 is 32.5 Å². The van der Waals surface area contributed by atoms with Crippen molar-refractivity contribution < 1.29 is 42.1 Å². The van der Waals surface area contributed by atoms with Gasteiger partial charge in [0, 0.05) is 12.8 Å². The minimum absolute atomic E-state index is 0.0211. The lowest BCUT2D eigenvalue weighted by molar-refractivity contribution is -0.870. The molecule has 0 saturated carbocycles. The van der Waals surface area contributed by atoms with E-state index in [2.05, 4.69) is 86.8 Å². The number of nitrogens with zero attached hydrogens (tertiary/aromatic N) is 1. The number of phosphoric acid groups is 1. The largest absolute Gasteiger partial charge is 0.472 e. The van der Waals surface area contributed by atoms with Crippen molar-refractivity contribution in [1.29, 1.82) is 0 Å². The third kappa shape index (κ3) is 39.2. The molecule has 0 saturated heterocycles. The van der Waals surface area contributed by atoms with Gasteiger partial charge in [0.05, 0.1) is 27.7 Å². The molecule has 2 unspecified atom stereocenters. The summed E-state index contributed by atoms with van der Waals surface area (Å²) in [5, 5.41) is 0. The Hall–Kier alpha value is -2.55. The number of hydrogen-bond acceptors (Lipinski definition) is 7. The van der Waals surface area contributed by atoms with Gasteiger partial charge < -0.3 is 18.9 Å². The maximum absolute atomic E-state index is 12.7. The van der Waals surface area contributed by atoms with E-state index in [1.54, 1.807) is 0 Å². The molecule has 0 aliphatic carbocycles. The highest BCUT2D eigenvalue weighted by Crippen LogP contribution is 2.43. The summed E-state index contributed by atoms with van der Waals surface area (Å²) < 4.78 is 34.2. The first-order chi connectivity index (χ1) is 26.0. The van der Waals surface area contributed by atoms with Gasteiger partial charge in [0.2, 0.25) is 0 Å². The van der Waals surface area contributed by atoms with E-state index in [1.165, 1.54) is 0 Å². The van der Waals surface area contributed by atoms with Gasteiger partial charge in [-0.05, 0) is 77.0 Å². The number of phosphoric ester groups is 1. The molecule has 0 aromatic carbocycles. The van der Waals surface area contributed by atoms with Crippen molar-refractivity contribution in [2.45, 2.75) is 148 Å². The maximum atomic E-state index is 12.7. The number of rotatable bonds is 36.